The van der Waals surface area contributed by atoms with Gasteiger partial charge in [0.15, 0.2) is 23.0 Å². The Morgan fingerprint density at radius 2 is 1.74 bits per heavy atom. The number of rotatable bonds is 9. The van der Waals surface area contributed by atoms with Crippen LogP contribution in [0.25, 0.3) is 0 Å². The zero-order valence-corrected chi connectivity index (χ0v) is 18.2. The van der Waals surface area contributed by atoms with E-state index in [-0.39, 0.29) is 24.2 Å². The Bertz CT molecular complexity index is 1250. The predicted octanol–water partition coefficient (Wildman–Crippen LogP) is 4.27. The zero-order chi connectivity index (χ0) is 23.3. The molecule has 4 aromatic rings. The molecule has 9 heteroatoms. The van der Waals surface area contributed by atoms with Crippen LogP contribution >= 0.6 is 0 Å². The lowest BCUT2D eigenvalue weighted by Crippen LogP contribution is -2.23. The summed E-state index contributed by atoms with van der Waals surface area (Å²) in [5.74, 6) is 2.03. The molecule has 2 aromatic heterocycles. The molecule has 34 heavy (non-hydrogen) atoms. The van der Waals surface area contributed by atoms with Gasteiger partial charge in [-0.3, -0.25) is 9.69 Å². The number of furan rings is 1. The highest BCUT2D eigenvalue weighted by Gasteiger charge is 2.18. The Morgan fingerprint density at radius 1 is 0.941 bits per heavy atom. The normalized spacial score (nSPS) is 12.3. The number of carbonyl (C=O) groups excluding carboxylic acids is 1. The van der Waals surface area contributed by atoms with Crippen LogP contribution in [0.4, 0.5) is 4.39 Å². The second-order valence-electron chi connectivity index (χ2n) is 7.90. The average Bonchev–Trinajstić information content (AvgIpc) is 3.61. The van der Waals surface area contributed by atoms with Gasteiger partial charge >= 0.3 is 0 Å². The second kappa shape index (κ2) is 9.80. The van der Waals surface area contributed by atoms with Gasteiger partial charge in [0.25, 0.3) is 5.91 Å². The van der Waals surface area contributed by atoms with E-state index < -0.39 is 0 Å². The van der Waals surface area contributed by atoms with E-state index in [0.29, 0.717) is 43.4 Å². The molecule has 0 saturated heterocycles. The maximum atomic E-state index is 13.3. The largest absolute Gasteiger partial charge is 0.468 e. The number of ether oxygens (including phenoxy) is 2. The van der Waals surface area contributed by atoms with Crippen molar-refractivity contribution in [2.24, 2.45) is 0 Å². The summed E-state index contributed by atoms with van der Waals surface area (Å²) in [4.78, 5) is 14.6. The highest BCUT2D eigenvalue weighted by molar-refractivity contribution is 5.92. The first-order valence-electron chi connectivity index (χ1n) is 10.7. The van der Waals surface area contributed by atoms with E-state index in [1.165, 1.54) is 12.1 Å². The number of nitrogens with zero attached hydrogens (tertiary/aromatic N) is 2. The van der Waals surface area contributed by atoms with Gasteiger partial charge in [0, 0.05) is 19.2 Å². The first-order chi connectivity index (χ1) is 16.6. The van der Waals surface area contributed by atoms with Crippen LogP contribution in [0.2, 0.25) is 0 Å². The summed E-state index contributed by atoms with van der Waals surface area (Å²) in [6, 6.07) is 17.2. The van der Waals surface area contributed by atoms with Crippen molar-refractivity contribution >= 4 is 5.91 Å². The monoisotopic (exact) mass is 463 g/mol. The standard InChI is InChI=1S/C25H22FN3O5/c26-19-6-3-17(4-7-19)13-29(14-20-2-1-9-31-20)15-21-11-22(28-34-21)25(30)27-12-18-5-8-23-24(10-18)33-16-32-23/h1-11H,12-16H2,(H,27,30). The van der Waals surface area contributed by atoms with Crippen LogP contribution in [0.15, 0.2) is 75.9 Å². The molecule has 0 spiro atoms. The molecule has 0 aliphatic carbocycles. The molecule has 0 saturated carbocycles. The SMILES string of the molecule is O=C(NCc1ccc2c(c1)OCO2)c1cc(CN(Cc2ccc(F)cc2)Cc2ccco2)on1. The van der Waals surface area contributed by atoms with Gasteiger partial charge in [-0.15, -0.1) is 0 Å². The molecule has 1 aliphatic rings. The fourth-order valence-electron chi connectivity index (χ4n) is 3.68. The Kier molecular flexibility index (Phi) is 6.26. The van der Waals surface area contributed by atoms with Gasteiger partial charge in [0.2, 0.25) is 6.79 Å². The molecule has 8 nitrogen and oxygen atoms in total. The topological polar surface area (TPSA) is 90.0 Å². The van der Waals surface area contributed by atoms with Crippen molar-refractivity contribution in [1.82, 2.24) is 15.4 Å². The number of hydrogen-bond acceptors (Lipinski definition) is 7. The maximum Gasteiger partial charge on any atom is 0.273 e. The third kappa shape index (κ3) is 5.26. The highest BCUT2D eigenvalue weighted by atomic mass is 19.1. The van der Waals surface area contributed by atoms with Crippen LogP contribution < -0.4 is 14.8 Å². The Labute approximate surface area is 194 Å². The van der Waals surface area contributed by atoms with Gasteiger partial charge < -0.3 is 23.7 Å². The fraction of sp³-hybridized carbons (Fsp3) is 0.200. The molecule has 0 unspecified atom stereocenters. The smallest absolute Gasteiger partial charge is 0.273 e. The molecule has 5 rings (SSSR count). The van der Waals surface area contributed by atoms with Crippen LogP contribution in [0, 0.1) is 5.82 Å². The summed E-state index contributed by atoms with van der Waals surface area (Å²) >= 11 is 0. The highest BCUT2D eigenvalue weighted by Crippen LogP contribution is 2.32. The van der Waals surface area contributed by atoms with E-state index in [1.807, 2.05) is 30.3 Å². The number of fused-ring (bicyclic) bond motifs is 1. The third-order valence-corrected chi connectivity index (χ3v) is 5.34. The summed E-state index contributed by atoms with van der Waals surface area (Å²) in [6.45, 7) is 1.95. The lowest BCUT2D eigenvalue weighted by molar-refractivity contribution is 0.0941. The zero-order valence-electron chi connectivity index (χ0n) is 18.2. The Morgan fingerprint density at radius 3 is 2.56 bits per heavy atom. The number of benzene rings is 2. The van der Waals surface area contributed by atoms with Gasteiger partial charge in [-0.2, -0.15) is 0 Å². The van der Waals surface area contributed by atoms with E-state index in [2.05, 4.69) is 15.4 Å². The quantitative estimate of drug-likeness (QED) is 0.397. The Balaban J connectivity index is 1.22. The summed E-state index contributed by atoms with van der Waals surface area (Å²) < 4.78 is 34.8. The number of aromatic nitrogens is 1. The van der Waals surface area contributed by atoms with E-state index in [1.54, 1.807) is 24.5 Å². The van der Waals surface area contributed by atoms with Crippen LogP contribution in [0.1, 0.15) is 33.1 Å². The first kappa shape index (κ1) is 21.7. The number of amides is 1. The van der Waals surface area contributed by atoms with E-state index in [4.69, 9.17) is 18.4 Å². The van der Waals surface area contributed by atoms with Crippen molar-refractivity contribution < 1.29 is 27.6 Å². The summed E-state index contributed by atoms with van der Waals surface area (Å²) in [5, 5.41) is 6.76. The van der Waals surface area contributed by atoms with Gasteiger partial charge in [-0.25, -0.2) is 4.39 Å². The minimum absolute atomic E-state index is 0.190. The van der Waals surface area contributed by atoms with Crippen molar-refractivity contribution in [3.05, 3.63) is 101 Å². The molecule has 0 fully saturated rings. The fourth-order valence-corrected chi connectivity index (χ4v) is 3.68. The van der Waals surface area contributed by atoms with E-state index >= 15 is 0 Å². The van der Waals surface area contributed by atoms with Crippen LogP contribution in [-0.2, 0) is 26.2 Å². The van der Waals surface area contributed by atoms with Gasteiger partial charge in [-0.05, 0) is 47.5 Å². The molecule has 3 heterocycles. The van der Waals surface area contributed by atoms with Crippen molar-refractivity contribution in [2.45, 2.75) is 26.2 Å². The third-order valence-electron chi connectivity index (χ3n) is 5.34. The van der Waals surface area contributed by atoms with Crippen molar-refractivity contribution in [3.63, 3.8) is 0 Å². The molecule has 174 valence electrons. The van der Waals surface area contributed by atoms with Crippen molar-refractivity contribution in [3.8, 4) is 11.5 Å². The van der Waals surface area contributed by atoms with Gasteiger partial charge in [0.1, 0.15) is 11.6 Å². The predicted molar refractivity (Wildman–Crippen MR) is 118 cm³/mol. The molecule has 2 aromatic carbocycles. The molecule has 1 amide bonds. The molecular weight excluding hydrogens is 441 g/mol. The molecule has 1 N–H and O–H groups in total. The summed E-state index contributed by atoms with van der Waals surface area (Å²) in [7, 11) is 0. The first-order valence-corrected chi connectivity index (χ1v) is 10.7. The molecule has 1 aliphatic heterocycles. The number of nitrogens with one attached hydrogen (secondary N) is 1. The van der Waals surface area contributed by atoms with Crippen molar-refractivity contribution in [1.29, 1.82) is 0 Å². The lowest BCUT2D eigenvalue weighted by Gasteiger charge is -2.19. The molecule has 0 bridgehead atoms. The van der Waals surface area contributed by atoms with E-state index in [0.717, 1.165) is 16.9 Å². The van der Waals surface area contributed by atoms with Crippen LogP contribution in [0.5, 0.6) is 11.5 Å². The van der Waals surface area contributed by atoms with Crippen LogP contribution in [-0.4, -0.2) is 22.8 Å². The average molecular weight is 463 g/mol. The van der Waals surface area contributed by atoms with Gasteiger partial charge in [-0.1, -0.05) is 23.4 Å². The summed E-state index contributed by atoms with van der Waals surface area (Å²) in [6.07, 6.45) is 1.61. The Hall–Kier alpha value is -4.11. The minimum atomic E-state index is -0.344. The maximum absolute atomic E-state index is 13.3. The summed E-state index contributed by atoms with van der Waals surface area (Å²) in [5.41, 5.74) is 2.01. The number of halogens is 1. The molecule has 0 atom stereocenters. The number of carbonyl (C=O) groups is 1. The van der Waals surface area contributed by atoms with Crippen LogP contribution in [0.3, 0.4) is 0 Å². The van der Waals surface area contributed by atoms with E-state index in [9.17, 15) is 9.18 Å². The lowest BCUT2D eigenvalue weighted by atomic mass is 10.2. The minimum Gasteiger partial charge on any atom is -0.468 e. The molecular formula is C25H22FN3O5. The molecule has 0 radical (unpaired) electrons. The van der Waals surface area contributed by atoms with Crippen molar-refractivity contribution in [2.75, 3.05) is 6.79 Å². The van der Waals surface area contributed by atoms with Gasteiger partial charge in [0.05, 0.1) is 19.4 Å². The number of hydrogen-bond donors (Lipinski definition) is 1. The second-order valence-corrected chi connectivity index (χ2v) is 7.90.